The lowest BCUT2D eigenvalue weighted by Gasteiger charge is -2.12. The number of aliphatic hydroxyl groups excluding tert-OH is 1. The third-order valence-electron chi connectivity index (χ3n) is 2.54. The number of hydrogen-bond donors (Lipinski definition) is 3. The van der Waals surface area contributed by atoms with Crippen LogP contribution in [0.4, 0.5) is 11.4 Å². The summed E-state index contributed by atoms with van der Waals surface area (Å²) in [5, 5.41) is 11.6. The van der Waals surface area contributed by atoms with Crippen molar-refractivity contribution in [2.45, 2.75) is 13.3 Å². The highest BCUT2D eigenvalue weighted by molar-refractivity contribution is 7.82. The van der Waals surface area contributed by atoms with Gasteiger partial charge in [0.25, 0.3) is 0 Å². The molecule has 0 radical (unpaired) electrons. The first-order valence-electron chi connectivity index (χ1n) is 5.42. The molecule has 4 N–H and O–H groups in total. The van der Waals surface area contributed by atoms with Crippen LogP contribution in [-0.4, -0.2) is 26.7 Å². The van der Waals surface area contributed by atoms with Gasteiger partial charge in [-0.2, -0.15) is 0 Å². The number of fused-ring (bicyclic) bond motifs is 4. The van der Waals surface area contributed by atoms with Crippen LogP contribution in [0.2, 0.25) is 0 Å². The first-order chi connectivity index (χ1) is 8.48. The van der Waals surface area contributed by atoms with Gasteiger partial charge in [-0.1, -0.05) is 6.92 Å². The largest absolute Gasteiger partial charge is 0.501 e. The summed E-state index contributed by atoms with van der Waals surface area (Å²) in [6.45, 7) is 2.01. The highest BCUT2D eigenvalue weighted by Gasteiger charge is 2.30. The van der Waals surface area contributed by atoms with Crippen molar-refractivity contribution >= 4 is 21.8 Å². The molecule has 0 atom stereocenters. The van der Waals surface area contributed by atoms with E-state index < -0.39 is 10.4 Å². The number of hydrogen-bond acceptors (Lipinski definition) is 7. The minimum atomic E-state index is -4.14. The van der Waals surface area contributed by atoms with Gasteiger partial charge in [0, 0.05) is 18.2 Å². The standard InChI is InChI=1S/C10H14N2O5S/c1-2-6-9(11)8-5-7(12-3-4-13)10(6)17-18(14,15)16-8/h5,12-13H,2-4,11H2,1H3. The average Bonchev–Trinajstić information content (AvgIpc) is 2.48. The average molecular weight is 274 g/mol. The number of benzene rings is 1. The Morgan fingerprint density at radius 2 is 2.17 bits per heavy atom. The van der Waals surface area contributed by atoms with Crippen molar-refractivity contribution < 1.29 is 21.9 Å². The zero-order valence-electron chi connectivity index (χ0n) is 9.76. The Balaban J connectivity index is 2.58. The van der Waals surface area contributed by atoms with Gasteiger partial charge < -0.3 is 24.5 Å². The zero-order valence-corrected chi connectivity index (χ0v) is 10.6. The van der Waals surface area contributed by atoms with E-state index >= 15 is 0 Å². The maximum absolute atomic E-state index is 11.5. The normalized spacial score (nSPS) is 15.7. The summed E-state index contributed by atoms with van der Waals surface area (Å²) < 4.78 is 32.6. The van der Waals surface area contributed by atoms with Crippen molar-refractivity contribution in [3.8, 4) is 11.5 Å². The minimum Gasteiger partial charge on any atom is -0.395 e. The summed E-state index contributed by atoms with van der Waals surface area (Å²) in [5.41, 5.74) is 7.07. The van der Waals surface area contributed by atoms with Crippen molar-refractivity contribution in [2.24, 2.45) is 0 Å². The first kappa shape index (κ1) is 12.8. The second-order valence-electron chi connectivity index (χ2n) is 3.72. The second kappa shape index (κ2) is 4.54. The smallest absolute Gasteiger partial charge is 0.395 e. The maximum atomic E-state index is 11.5. The molecule has 0 unspecified atom stereocenters. The molecule has 0 fully saturated rings. The molecule has 0 aromatic heterocycles. The summed E-state index contributed by atoms with van der Waals surface area (Å²) in [6.07, 6.45) is 0.502. The summed E-state index contributed by atoms with van der Waals surface area (Å²) >= 11 is 0. The van der Waals surface area contributed by atoms with Gasteiger partial charge in [0.1, 0.15) is 0 Å². The van der Waals surface area contributed by atoms with Gasteiger partial charge in [-0.25, -0.2) is 0 Å². The molecule has 8 heteroatoms. The van der Waals surface area contributed by atoms with Crippen molar-refractivity contribution in [3.63, 3.8) is 0 Å². The molecule has 3 rings (SSSR count). The molecule has 2 bridgehead atoms. The van der Waals surface area contributed by atoms with Gasteiger partial charge >= 0.3 is 10.4 Å². The SMILES string of the molecule is CCc1c(N)c2cc(NCCO)c1OS(=O)(=O)O2. The monoisotopic (exact) mass is 274 g/mol. The topological polar surface area (TPSA) is 111 Å². The van der Waals surface area contributed by atoms with Crippen LogP contribution in [0.1, 0.15) is 12.5 Å². The summed E-state index contributed by atoms with van der Waals surface area (Å²) in [4.78, 5) is 0. The summed E-state index contributed by atoms with van der Waals surface area (Å²) in [5.74, 6) is 0.165. The van der Waals surface area contributed by atoms with E-state index in [9.17, 15) is 8.42 Å². The van der Waals surface area contributed by atoms with E-state index in [1.807, 2.05) is 6.92 Å². The fourth-order valence-electron chi connectivity index (χ4n) is 1.77. The predicted octanol–water partition coefficient (Wildman–Crippen LogP) is 0.251. The van der Waals surface area contributed by atoms with Gasteiger partial charge in [0.05, 0.1) is 18.0 Å². The molecule has 18 heavy (non-hydrogen) atoms. The van der Waals surface area contributed by atoms with Crippen molar-refractivity contribution in [2.75, 3.05) is 24.2 Å². The van der Waals surface area contributed by atoms with Crippen LogP contribution in [0, 0.1) is 0 Å². The predicted molar refractivity (Wildman–Crippen MR) is 66.0 cm³/mol. The summed E-state index contributed by atoms with van der Waals surface area (Å²) in [7, 11) is -4.14. The van der Waals surface area contributed by atoms with E-state index in [0.717, 1.165) is 0 Å². The molecule has 0 spiro atoms. The third-order valence-corrected chi connectivity index (χ3v) is 3.30. The van der Waals surface area contributed by atoms with Gasteiger partial charge in [0.2, 0.25) is 0 Å². The number of rotatable bonds is 4. The van der Waals surface area contributed by atoms with Gasteiger partial charge in [-0.05, 0) is 6.42 Å². The molecule has 2 heterocycles. The molecule has 0 aliphatic carbocycles. The fraction of sp³-hybridized carbons (Fsp3) is 0.400. The lowest BCUT2D eigenvalue weighted by atomic mass is 10.1. The fourth-order valence-corrected chi connectivity index (χ4v) is 2.56. The zero-order chi connectivity index (χ0) is 13.3. The lowest BCUT2D eigenvalue weighted by molar-refractivity contribution is 0.311. The highest BCUT2D eigenvalue weighted by atomic mass is 32.3. The molecule has 0 amide bonds. The number of nitrogen functional groups attached to an aromatic ring is 1. The molecule has 1 aromatic rings. The third kappa shape index (κ3) is 2.16. The minimum absolute atomic E-state index is 0.0357. The molecular weight excluding hydrogens is 260 g/mol. The van der Waals surface area contributed by atoms with Gasteiger partial charge in [-0.15, -0.1) is 8.42 Å². The lowest BCUT2D eigenvalue weighted by Crippen LogP contribution is -2.14. The van der Waals surface area contributed by atoms with Crippen LogP contribution in [0.3, 0.4) is 0 Å². The van der Waals surface area contributed by atoms with Crippen LogP contribution in [0.15, 0.2) is 6.07 Å². The Bertz CT molecular complexity index is 570. The molecule has 100 valence electrons. The number of aliphatic hydroxyl groups is 1. The van der Waals surface area contributed by atoms with E-state index in [4.69, 9.17) is 19.2 Å². The Morgan fingerprint density at radius 3 is 2.78 bits per heavy atom. The van der Waals surface area contributed by atoms with E-state index in [1.165, 1.54) is 6.07 Å². The molecule has 1 aromatic carbocycles. The Morgan fingerprint density at radius 1 is 1.44 bits per heavy atom. The Kier molecular flexibility index (Phi) is 3.22. The first-order valence-corrected chi connectivity index (χ1v) is 6.75. The van der Waals surface area contributed by atoms with Gasteiger partial charge in [0.15, 0.2) is 11.5 Å². The highest BCUT2D eigenvalue weighted by Crippen LogP contribution is 2.44. The summed E-state index contributed by atoms with van der Waals surface area (Å²) in [6, 6.07) is 1.45. The van der Waals surface area contributed by atoms with Crippen LogP contribution in [0.25, 0.3) is 0 Å². The van der Waals surface area contributed by atoms with Crippen LogP contribution in [-0.2, 0) is 16.8 Å². The molecule has 0 saturated heterocycles. The van der Waals surface area contributed by atoms with E-state index in [0.29, 0.717) is 17.7 Å². The molecule has 2 aliphatic heterocycles. The van der Waals surface area contributed by atoms with Crippen molar-refractivity contribution in [3.05, 3.63) is 11.6 Å². The number of anilines is 2. The molecule has 0 saturated carbocycles. The Hall–Kier alpha value is -1.67. The number of nitrogens with two attached hydrogens (primary N) is 1. The molecular formula is C10H14N2O5S. The molecule has 2 aliphatic rings. The Labute approximate surface area is 105 Å². The van der Waals surface area contributed by atoms with E-state index in [1.54, 1.807) is 0 Å². The number of nitrogens with one attached hydrogen (secondary N) is 1. The molecule has 7 nitrogen and oxygen atoms in total. The quantitative estimate of drug-likeness (QED) is 0.675. The van der Waals surface area contributed by atoms with Crippen molar-refractivity contribution in [1.29, 1.82) is 0 Å². The van der Waals surface area contributed by atoms with Crippen molar-refractivity contribution in [1.82, 2.24) is 0 Å². The second-order valence-corrected chi connectivity index (χ2v) is 4.87. The van der Waals surface area contributed by atoms with Crippen LogP contribution < -0.4 is 19.4 Å². The van der Waals surface area contributed by atoms with E-state index in [-0.39, 0.29) is 30.3 Å². The van der Waals surface area contributed by atoms with Gasteiger partial charge in [-0.3, -0.25) is 0 Å². The van der Waals surface area contributed by atoms with Crippen LogP contribution in [0.5, 0.6) is 11.5 Å². The van der Waals surface area contributed by atoms with Crippen LogP contribution >= 0.6 is 0 Å². The van der Waals surface area contributed by atoms with E-state index in [2.05, 4.69) is 5.32 Å². The maximum Gasteiger partial charge on any atom is 0.501 e.